The molecule has 0 bridgehead atoms. The van der Waals surface area contributed by atoms with Gasteiger partial charge < -0.3 is 0 Å². The highest BCUT2D eigenvalue weighted by Crippen LogP contribution is 2.26. The van der Waals surface area contributed by atoms with Crippen LogP contribution in [0.25, 0.3) is 0 Å². The van der Waals surface area contributed by atoms with Gasteiger partial charge in [-0.2, -0.15) is 4.31 Å². The molecule has 2 aromatic heterocycles. The zero-order valence-electron chi connectivity index (χ0n) is 13.5. The molecular formula is C14H20FN5O2S2. The molecule has 0 aliphatic carbocycles. The highest BCUT2D eigenvalue weighted by molar-refractivity contribution is 7.89. The van der Waals surface area contributed by atoms with Crippen LogP contribution in [0.5, 0.6) is 0 Å². The summed E-state index contributed by atoms with van der Waals surface area (Å²) in [6.45, 7) is 1.22. The lowest BCUT2D eigenvalue weighted by atomic mass is 10.2. The van der Waals surface area contributed by atoms with Gasteiger partial charge >= 0.3 is 0 Å². The van der Waals surface area contributed by atoms with E-state index in [0.717, 1.165) is 4.88 Å². The van der Waals surface area contributed by atoms with Crippen molar-refractivity contribution in [2.45, 2.75) is 30.2 Å². The van der Waals surface area contributed by atoms with Gasteiger partial charge in [0.05, 0.1) is 6.20 Å². The number of alkyl halides is 1. The minimum atomic E-state index is -3.69. The fourth-order valence-corrected chi connectivity index (χ4v) is 4.94. The largest absolute Gasteiger partial charge is 0.291 e. The number of sulfonamides is 1. The number of likely N-dealkylation sites (tertiary alicyclic amines) is 1. The zero-order valence-corrected chi connectivity index (χ0v) is 15.2. The third-order valence-corrected chi connectivity index (χ3v) is 6.96. The predicted octanol–water partition coefficient (Wildman–Crippen LogP) is 1.11. The Kier molecular flexibility index (Phi) is 5.00. The molecule has 2 atom stereocenters. The summed E-state index contributed by atoms with van der Waals surface area (Å²) in [5, 5.41) is 9.30. The van der Waals surface area contributed by atoms with Crippen molar-refractivity contribution in [2.75, 3.05) is 20.1 Å². The minimum absolute atomic E-state index is 0.0320. The molecule has 3 rings (SSSR count). The maximum Gasteiger partial charge on any atom is 0.261 e. The second kappa shape index (κ2) is 6.87. The van der Waals surface area contributed by atoms with Gasteiger partial charge in [0.15, 0.2) is 5.03 Å². The third kappa shape index (κ3) is 3.51. The molecular weight excluding hydrogens is 353 g/mol. The molecule has 0 radical (unpaired) electrons. The standard InChI is InChI=1S/C14H20FN5O2S2/c1-18(24(21,22)14-7-16-17-19(14)2)9-12-6-11(15)8-20(12)10-13-4-3-5-23-13/h3-5,7,11-12H,6,8-10H2,1-2H3/t11-,12-/m0/s1. The monoisotopic (exact) mass is 373 g/mol. The van der Waals surface area contributed by atoms with Crippen LogP contribution in [0.1, 0.15) is 11.3 Å². The van der Waals surface area contributed by atoms with E-state index < -0.39 is 16.2 Å². The van der Waals surface area contributed by atoms with Crippen LogP contribution in [-0.4, -0.2) is 65.0 Å². The summed E-state index contributed by atoms with van der Waals surface area (Å²) in [6.07, 6.45) is 0.640. The first kappa shape index (κ1) is 17.5. The van der Waals surface area contributed by atoms with Crippen LogP contribution < -0.4 is 0 Å². The topological polar surface area (TPSA) is 71.3 Å². The van der Waals surface area contributed by atoms with Crippen molar-refractivity contribution in [3.8, 4) is 0 Å². The molecule has 2 aromatic rings. The Bertz CT molecular complexity index is 777. The van der Waals surface area contributed by atoms with Crippen molar-refractivity contribution in [1.82, 2.24) is 24.2 Å². The maximum absolute atomic E-state index is 13.9. The van der Waals surface area contributed by atoms with Gasteiger partial charge in [0.25, 0.3) is 10.0 Å². The summed E-state index contributed by atoms with van der Waals surface area (Å²) in [7, 11) is -0.649. The molecule has 0 amide bonds. The van der Waals surface area contributed by atoms with E-state index in [0.29, 0.717) is 19.5 Å². The Morgan fingerprint density at radius 2 is 2.29 bits per heavy atom. The number of hydrogen-bond acceptors (Lipinski definition) is 6. The van der Waals surface area contributed by atoms with Gasteiger partial charge in [-0.05, 0) is 17.9 Å². The first-order valence-corrected chi connectivity index (χ1v) is 9.91. The summed E-state index contributed by atoms with van der Waals surface area (Å²) in [6, 6.07) is 3.82. The van der Waals surface area contributed by atoms with Gasteiger partial charge in [0, 0.05) is 44.6 Å². The molecule has 0 aromatic carbocycles. The molecule has 1 fully saturated rings. The van der Waals surface area contributed by atoms with Crippen molar-refractivity contribution in [2.24, 2.45) is 7.05 Å². The van der Waals surface area contributed by atoms with Crippen LogP contribution in [0.2, 0.25) is 0 Å². The molecule has 1 saturated heterocycles. The van der Waals surface area contributed by atoms with E-state index >= 15 is 0 Å². The van der Waals surface area contributed by atoms with Crippen LogP contribution in [0.4, 0.5) is 4.39 Å². The van der Waals surface area contributed by atoms with E-state index in [1.165, 1.54) is 29.3 Å². The second-order valence-corrected chi connectivity index (χ2v) is 9.00. The molecule has 1 aliphatic rings. The second-order valence-electron chi connectivity index (χ2n) is 5.98. The Morgan fingerprint density at radius 3 is 2.92 bits per heavy atom. The highest BCUT2D eigenvalue weighted by atomic mass is 32.2. The smallest absolute Gasteiger partial charge is 0.261 e. The van der Waals surface area contributed by atoms with Gasteiger partial charge in [-0.15, -0.1) is 16.4 Å². The number of aromatic nitrogens is 3. The Hall–Kier alpha value is -1.36. The lowest BCUT2D eigenvalue weighted by molar-refractivity contribution is 0.216. The Labute approximate surface area is 144 Å². The summed E-state index contributed by atoms with van der Waals surface area (Å²) in [5.74, 6) is 0. The fourth-order valence-electron chi connectivity index (χ4n) is 2.98. The van der Waals surface area contributed by atoms with E-state index in [4.69, 9.17) is 0 Å². The Morgan fingerprint density at radius 1 is 1.50 bits per heavy atom. The minimum Gasteiger partial charge on any atom is -0.291 e. The first-order valence-electron chi connectivity index (χ1n) is 7.59. The first-order chi connectivity index (χ1) is 11.4. The van der Waals surface area contributed by atoms with Crippen LogP contribution in [0.3, 0.4) is 0 Å². The molecule has 1 aliphatic heterocycles. The maximum atomic E-state index is 13.9. The third-order valence-electron chi connectivity index (χ3n) is 4.23. The molecule has 0 N–H and O–H groups in total. The molecule has 0 saturated carbocycles. The van der Waals surface area contributed by atoms with Gasteiger partial charge in [0.2, 0.25) is 0 Å². The van der Waals surface area contributed by atoms with Gasteiger partial charge in [-0.3, -0.25) is 4.90 Å². The number of halogens is 1. The number of rotatable bonds is 6. The fraction of sp³-hybridized carbons (Fsp3) is 0.571. The molecule has 3 heterocycles. The molecule has 0 unspecified atom stereocenters. The van der Waals surface area contributed by atoms with Gasteiger partial charge in [-0.25, -0.2) is 17.5 Å². The number of thiophene rings is 1. The van der Waals surface area contributed by atoms with Crippen molar-refractivity contribution >= 4 is 21.4 Å². The quantitative estimate of drug-likeness (QED) is 0.759. The zero-order chi connectivity index (χ0) is 17.3. The van der Waals surface area contributed by atoms with Crippen molar-refractivity contribution in [3.63, 3.8) is 0 Å². The summed E-state index contributed by atoms with van der Waals surface area (Å²) < 4.78 is 41.6. The van der Waals surface area contributed by atoms with Crippen molar-refractivity contribution in [1.29, 1.82) is 0 Å². The summed E-state index contributed by atoms with van der Waals surface area (Å²) in [5.41, 5.74) is 0. The van der Waals surface area contributed by atoms with Crippen molar-refractivity contribution < 1.29 is 12.8 Å². The Balaban J connectivity index is 1.72. The molecule has 10 heteroatoms. The van der Waals surface area contributed by atoms with Crippen molar-refractivity contribution in [3.05, 3.63) is 28.6 Å². The van der Waals surface area contributed by atoms with E-state index in [1.54, 1.807) is 11.3 Å². The highest BCUT2D eigenvalue weighted by Gasteiger charge is 2.36. The molecule has 132 valence electrons. The lowest BCUT2D eigenvalue weighted by Gasteiger charge is -2.27. The van der Waals surface area contributed by atoms with Crippen LogP contribution in [-0.2, 0) is 23.6 Å². The van der Waals surface area contributed by atoms with E-state index in [9.17, 15) is 12.8 Å². The number of aryl methyl sites for hydroxylation is 1. The van der Waals surface area contributed by atoms with Crippen LogP contribution in [0.15, 0.2) is 28.7 Å². The average molecular weight is 373 g/mol. The van der Waals surface area contributed by atoms with E-state index in [2.05, 4.69) is 10.3 Å². The predicted molar refractivity (Wildman–Crippen MR) is 88.8 cm³/mol. The van der Waals surface area contributed by atoms with Crippen LogP contribution in [0, 0.1) is 0 Å². The van der Waals surface area contributed by atoms with Gasteiger partial charge in [0.1, 0.15) is 6.17 Å². The van der Waals surface area contributed by atoms with E-state index in [1.807, 2.05) is 22.4 Å². The number of nitrogens with zero attached hydrogens (tertiary/aromatic N) is 5. The summed E-state index contributed by atoms with van der Waals surface area (Å²) >= 11 is 1.62. The van der Waals surface area contributed by atoms with E-state index in [-0.39, 0.29) is 17.6 Å². The van der Waals surface area contributed by atoms with Crippen LogP contribution >= 0.6 is 11.3 Å². The number of hydrogen-bond donors (Lipinski definition) is 0. The molecule has 0 spiro atoms. The molecule has 24 heavy (non-hydrogen) atoms. The average Bonchev–Trinajstić information content (AvgIpc) is 3.22. The normalized spacial score (nSPS) is 22.5. The molecule has 7 nitrogen and oxygen atoms in total. The number of likely N-dealkylation sites (N-methyl/N-ethyl adjacent to an activating group) is 1. The summed E-state index contributed by atoms with van der Waals surface area (Å²) in [4.78, 5) is 3.17. The lowest BCUT2D eigenvalue weighted by Crippen LogP contribution is -2.41. The SMILES string of the molecule is CN(C[C@@H]1C[C@H](F)CN1Cc1cccs1)S(=O)(=O)c1cnnn1C. The van der Waals surface area contributed by atoms with Gasteiger partial charge in [-0.1, -0.05) is 11.3 Å².